The van der Waals surface area contributed by atoms with Crippen LogP contribution in [0.15, 0.2) is 60.0 Å². The number of esters is 1. The minimum absolute atomic E-state index is 0.0589. The molecule has 4 aromatic rings. The Morgan fingerprint density at radius 3 is 2.77 bits per heavy atom. The van der Waals surface area contributed by atoms with Gasteiger partial charge >= 0.3 is 5.97 Å². The first kappa shape index (κ1) is 19.9. The lowest BCUT2D eigenvalue weighted by molar-refractivity contribution is 0.0486. The first-order valence-electron chi connectivity index (χ1n) is 9.47. The molecule has 30 heavy (non-hydrogen) atoms. The molecule has 4 rings (SSSR count). The number of hydrogen-bond acceptors (Lipinski definition) is 6. The van der Waals surface area contributed by atoms with Crippen LogP contribution in [-0.2, 0) is 11.2 Å². The number of carbonyl (C=O) groups excluding carboxylic acids is 1. The average Bonchev–Trinajstić information content (AvgIpc) is 3.41. The number of ether oxygens (including phenoxy) is 1. The van der Waals surface area contributed by atoms with E-state index in [9.17, 15) is 9.18 Å². The van der Waals surface area contributed by atoms with Gasteiger partial charge in [0.15, 0.2) is 5.82 Å². The summed E-state index contributed by atoms with van der Waals surface area (Å²) in [6.45, 7) is 2.17. The van der Waals surface area contributed by atoms with Crippen LogP contribution in [0.3, 0.4) is 0 Å². The van der Waals surface area contributed by atoms with Gasteiger partial charge in [0.25, 0.3) is 5.82 Å². The third kappa shape index (κ3) is 4.60. The van der Waals surface area contributed by atoms with Crippen molar-refractivity contribution in [2.24, 2.45) is 0 Å². The number of hydrogen-bond donors (Lipinski definition) is 0. The van der Waals surface area contributed by atoms with Crippen molar-refractivity contribution in [3.8, 4) is 16.4 Å². The van der Waals surface area contributed by atoms with Crippen LogP contribution >= 0.6 is 11.3 Å². The van der Waals surface area contributed by atoms with Crippen LogP contribution in [0.1, 0.15) is 28.4 Å². The Labute approximate surface area is 177 Å². The summed E-state index contributed by atoms with van der Waals surface area (Å²) in [5, 5.41) is 6.18. The molecule has 0 aliphatic rings. The zero-order valence-electron chi connectivity index (χ0n) is 16.3. The van der Waals surface area contributed by atoms with E-state index in [0.717, 1.165) is 16.3 Å². The van der Waals surface area contributed by atoms with Gasteiger partial charge in [0, 0.05) is 11.4 Å². The fourth-order valence-corrected chi connectivity index (χ4v) is 3.67. The van der Waals surface area contributed by atoms with Gasteiger partial charge in [-0.3, -0.25) is 4.98 Å². The Hall–Kier alpha value is -3.39. The van der Waals surface area contributed by atoms with E-state index in [1.807, 2.05) is 42.6 Å². The number of nitrogens with zero attached hydrogens (tertiary/aromatic N) is 4. The van der Waals surface area contributed by atoms with Crippen LogP contribution in [0.25, 0.3) is 16.4 Å². The van der Waals surface area contributed by atoms with Gasteiger partial charge in [0.1, 0.15) is 5.82 Å². The van der Waals surface area contributed by atoms with Crippen LogP contribution < -0.4 is 0 Å². The lowest BCUT2D eigenvalue weighted by Crippen LogP contribution is -2.10. The van der Waals surface area contributed by atoms with E-state index in [0.29, 0.717) is 24.4 Å². The van der Waals surface area contributed by atoms with Crippen molar-refractivity contribution in [1.82, 2.24) is 19.7 Å². The molecule has 1 aromatic carbocycles. The predicted molar refractivity (Wildman–Crippen MR) is 112 cm³/mol. The fourth-order valence-electron chi connectivity index (χ4n) is 2.97. The van der Waals surface area contributed by atoms with Crippen LogP contribution in [0.4, 0.5) is 4.39 Å². The van der Waals surface area contributed by atoms with Crippen molar-refractivity contribution in [1.29, 1.82) is 0 Å². The van der Waals surface area contributed by atoms with E-state index < -0.39 is 11.8 Å². The van der Waals surface area contributed by atoms with E-state index in [2.05, 4.69) is 15.1 Å². The van der Waals surface area contributed by atoms with Crippen molar-refractivity contribution >= 4 is 17.3 Å². The number of benzene rings is 1. The first-order valence-corrected chi connectivity index (χ1v) is 10.3. The second kappa shape index (κ2) is 8.96. The number of pyridine rings is 1. The summed E-state index contributed by atoms with van der Waals surface area (Å²) in [7, 11) is 0. The van der Waals surface area contributed by atoms with E-state index in [1.54, 1.807) is 12.1 Å². The van der Waals surface area contributed by atoms with Crippen molar-refractivity contribution in [3.63, 3.8) is 0 Å². The number of rotatable bonds is 7. The highest BCUT2D eigenvalue weighted by Gasteiger charge is 2.20. The lowest BCUT2D eigenvalue weighted by atomic mass is 10.2. The topological polar surface area (TPSA) is 69.9 Å². The zero-order chi connectivity index (χ0) is 20.9. The fraction of sp³-hybridized carbons (Fsp3) is 0.182. The second-order valence-corrected chi connectivity index (χ2v) is 7.59. The summed E-state index contributed by atoms with van der Waals surface area (Å²) < 4.78 is 20.5. The van der Waals surface area contributed by atoms with Gasteiger partial charge in [-0.05, 0) is 61.5 Å². The lowest BCUT2D eigenvalue weighted by Gasteiger charge is -2.04. The minimum Gasteiger partial charge on any atom is -0.460 e. The minimum atomic E-state index is -0.611. The summed E-state index contributed by atoms with van der Waals surface area (Å²) in [5.74, 6) is -0.600. The molecule has 0 amide bonds. The van der Waals surface area contributed by atoms with Crippen LogP contribution in [0, 0.1) is 12.7 Å². The van der Waals surface area contributed by atoms with E-state index in [1.165, 1.54) is 28.2 Å². The third-order valence-corrected chi connectivity index (χ3v) is 5.21. The number of aryl methyl sites for hydroxylation is 2. The molecule has 0 aliphatic heterocycles. The molecule has 0 fully saturated rings. The van der Waals surface area contributed by atoms with E-state index in [-0.39, 0.29) is 12.4 Å². The maximum atomic E-state index is 13.7. The Bertz CT molecular complexity index is 1160. The molecule has 3 heterocycles. The third-order valence-electron chi connectivity index (χ3n) is 4.34. The molecule has 0 saturated heterocycles. The SMILES string of the molecule is Cc1cccc(CCCOC(=O)c2nc(-c3cccs3)n(-c3cccc(F)c3)n2)n1. The number of aromatic nitrogens is 4. The largest absolute Gasteiger partial charge is 0.460 e. The molecular weight excluding hydrogens is 403 g/mol. The highest BCUT2D eigenvalue weighted by molar-refractivity contribution is 7.13. The molecule has 0 saturated carbocycles. The van der Waals surface area contributed by atoms with Crippen molar-refractivity contribution in [2.75, 3.05) is 6.61 Å². The number of thiophene rings is 1. The molecule has 6 nitrogen and oxygen atoms in total. The maximum Gasteiger partial charge on any atom is 0.378 e. The molecule has 0 spiro atoms. The van der Waals surface area contributed by atoms with Crippen molar-refractivity contribution in [3.05, 3.63) is 83.0 Å². The van der Waals surface area contributed by atoms with Gasteiger partial charge < -0.3 is 4.74 Å². The Balaban J connectivity index is 1.48. The molecule has 0 bridgehead atoms. The summed E-state index contributed by atoms with van der Waals surface area (Å²) >= 11 is 1.46. The van der Waals surface area contributed by atoms with Crippen LogP contribution in [-0.4, -0.2) is 32.3 Å². The van der Waals surface area contributed by atoms with Gasteiger partial charge in [0.05, 0.1) is 17.2 Å². The summed E-state index contributed by atoms with van der Waals surface area (Å²) in [4.78, 5) is 22.1. The summed E-state index contributed by atoms with van der Waals surface area (Å²) in [5.41, 5.74) is 2.40. The smallest absolute Gasteiger partial charge is 0.378 e. The first-order chi connectivity index (χ1) is 14.6. The van der Waals surface area contributed by atoms with Crippen molar-refractivity contribution in [2.45, 2.75) is 19.8 Å². The van der Waals surface area contributed by atoms with Gasteiger partial charge in [-0.2, -0.15) is 4.98 Å². The average molecular weight is 422 g/mol. The van der Waals surface area contributed by atoms with Gasteiger partial charge in [-0.25, -0.2) is 13.9 Å². The summed E-state index contributed by atoms with van der Waals surface area (Å²) in [6, 6.07) is 15.6. The second-order valence-electron chi connectivity index (χ2n) is 6.64. The molecular formula is C22H19FN4O2S. The van der Waals surface area contributed by atoms with Gasteiger partial charge in [0.2, 0.25) is 0 Å². The Morgan fingerprint density at radius 1 is 1.13 bits per heavy atom. The predicted octanol–water partition coefficient (Wildman–Crippen LogP) is 4.63. The van der Waals surface area contributed by atoms with Crippen LogP contribution in [0.2, 0.25) is 0 Å². The van der Waals surface area contributed by atoms with E-state index in [4.69, 9.17) is 4.74 Å². The molecule has 0 aliphatic carbocycles. The molecule has 0 radical (unpaired) electrons. The number of carbonyl (C=O) groups is 1. The van der Waals surface area contributed by atoms with Gasteiger partial charge in [-0.1, -0.05) is 18.2 Å². The standard InChI is InChI=1S/C22H19FN4O2S/c1-15-6-2-8-17(24-15)9-4-12-29-22(28)20-25-21(19-11-5-13-30-19)27(26-20)18-10-3-7-16(23)14-18/h2-3,5-8,10-11,13-14H,4,9,12H2,1H3. The molecule has 0 unspecified atom stereocenters. The normalized spacial score (nSPS) is 10.9. The monoisotopic (exact) mass is 422 g/mol. The Morgan fingerprint density at radius 2 is 2.00 bits per heavy atom. The quantitative estimate of drug-likeness (QED) is 0.321. The Kier molecular flexibility index (Phi) is 5.94. The van der Waals surface area contributed by atoms with Gasteiger partial charge in [-0.15, -0.1) is 16.4 Å². The van der Waals surface area contributed by atoms with Crippen molar-refractivity contribution < 1.29 is 13.9 Å². The number of halogens is 1. The highest BCUT2D eigenvalue weighted by atomic mass is 32.1. The maximum absolute atomic E-state index is 13.7. The molecule has 152 valence electrons. The summed E-state index contributed by atoms with van der Waals surface area (Å²) in [6.07, 6.45) is 1.35. The molecule has 0 N–H and O–H groups in total. The molecule has 3 aromatic heterocycles. The highest BCUT2D eigenvalue weighted by Crippen LogP contribution is 2.26. The van der Waals surface area contributed by atoms with Crippen LogP contribution in [0.5, 0.6) is 0 Å². The zero-order valence-corrected chi connectivity index (χ0v) is 17.1. The molecule has 0 atom stereocenters. The van der Waals surface area contributed by atoms with E-state index >= 15 is 0 Å². The molecule has 8 heteroatoms.